The van der Waals surface area contributed by atoms with Crippen molar-refractivity contribution in [1.82, 2.24) is 10.6 Å². The molecule has 0 atom stereocenters. The van der Waals surface area contributed by atoms with Crippen LogP contribution in [-0.4, -0.2) is 42.8 Å². The number of benzene rings is 1. The summed E-state index contributed by atoms with van der Waals surface area (Å²) in [6, 6.07) is 4.38. The van der Waals surface area contributed by atoms with Crippen LogP contribution in [0.15, 0.2) is 18.2 Å². The fourth-order valence-electron chi connectivity index (χ4n) is 2.99. The zero-order valence-corrected chi connectivity index (χ0v) is 15.5. The summed E-state index contributed by atoms with van der Waals surface area (Å²) in [7, 11) is 1.45. The van der Waals surface area contributed by atoms with E-state index in [0.29, 0.717) is 12.2 Å². The summed E-state index contributed by atoms with van der Waals surface area (Å²) in [5.41, 5.74) is 0.738. The number of phenolic OH excluding ortho intramolecular Hbond substituents is 1. The first kappa shape index (κ1) is 20.5. The van der Waals surface area contributed by atoms with Gasteiger partial charge < -0.3 is 19.9 Å². The van der Waals surface area contributed by atoms with Gasteiger partial charge in [0.15, 0.2) is 18.1 Å². The van der Waals surface area contributed by atoms with E-state index in [2.05, 4.69) is 10.6 Å². The van der Waals surface area contributed by atoms with Crippen LogP contribution >= 0.6 is 0 Å². The Labute approximate surface area is 158 Å². The molecule has 1 aromatic carbocycles. The number of carbonyl (C=O) groups is 3. The lowest BCUT2D eigenvalue weighted by Gasteiger charge is -2.22. The normalized spacial score (nSPS) is 14.3. The molecule has 8 heteroatoms. The van der Waals surface area contributed by atoms with Gasteiger partial charge in [0.25, 0.3) is 5.91 Å². The smallest absolute Gasteiger partial charge is 0.321 e. The summed E-state index contributed by atoms with van der Waals surface area (Å²) >= 11 is 0. The van der Waals surface area contributed by atoms with E-state index in [1.165, 1.54) is 19.6 Å². The number of hydrogen-bond acceptors (Lipinski definition) is 6. The molecule has 3 N–H and O–H groups in total. The number of methoxy groups -OCH3 is 1. The number of amides is 3. The number of rotatable bonds is 7. The van der Waals surface area contributed by atoms with Gasteiger partial charge in [-0.25, -0.2) is 4.79 Å². The number of nitrogens with one attached hydrogen (secondary N) is 2. The Hall–Kier alpha value is -2.77. The van der Waals surface area contributed by atoms with Crippen molar-refractivity contribution in [2.24, 2.45) is 0 Å². The number of ether oxygens (including phenoxy) is 2. The molecule has 27 heavy (non-hydrogen) atoms. The highest BCUT2D eigenvalue weighted by Gasteiger charge is 2.17. The maximum absolute atomic E-state index is 11.7. The highest BCUT2D eigenvalue weighted by Crippen LogP contribution is 2.26. The predicted octanol–water partition coefficient (Wildman–Crippen LogP) is 2.04. The average Bonchev–Trinajstić information content (AvgIpc) is 2.65. The van der Waals surface area contributed by atoms with Crippen molar-refractivity contribution < 1.29 is 29.0 Å². The van der Waals surface area contributed by atoms with Gasteiger partial charge in [-0.1, -0.05) is 25.3 Å². The maximum Gasteiger partial charge on any atom is 0.321 e. The van der Waals surface area contributed by atoms with Crippen LogP contribution in [0, 0.1) is 0 Å². The van der Waals surface area contributed by atoms with E-state index in [4.69, 9.17) is 9.47 Å². The Kier molecular flexibility index (Phi) is 7.91. The monoisotopic (exact) mass is 378 g/mol. The van der Waals surface area contributed by atoms with Gasteiger partial charge in [0.05, 0.1) is 7.11 Å². The summed E-state index contributed by atoms with van der Waals surface area (Å²) in [4.78, 5) is 35.2. The third-order valence-corrected chi connectivity index (χ3v) is 4.42. The minimum absolute atomic E-state index is 0.00766. The first-order valence-electron chi connectivity index (χ1n) is 9.10. The Morgan fingerprint density at radius 3 is 2.59 bits per heavy atom. The maximum atomic E-state index is 11.7. The van der Waals surface area contributed by atoms with Gasteiger partial charge in [-0.15, -0.1) is 0 Å². The molecule has 2 rings (SSSR count). The van der Waals surface area contributed by atoms with E-state index in [0.717, 1.165) is 31.2 Å². The van der Waals surface area contributed by atoms with Gasteiger partial charge in [-0.2, -0.15) is 0 Å². The molecule has 1 aromatic rings. The highest BCUT2D eigenvalue weighted by molar-refractivity contribution is 5.95. The third kappa shape index (κ3) is 7.16. The Morgan fingerprint density at radius 1 is 1.19 bits per heavy atom. The molecule has 0 bridgehead atoms. The minimum Gasteiger partial charge on any atom is -0.504 e. The molecule has 0 heterocycles. The van der Waals surface area contributed by atoms with Crippen molar-refractivity contribution in [2.75, 3.05) is 13.7 Å². The number of imide groups is 1. The topological polar surface area (TPSA) is 114 Å². The van der Waals surface area contributed by atoms with Crippen molar-refractivity contribution in [3.8, 4) is 11.5 Å². The number of urea groups is 1. The number of aromatic hydroxyl groups is 1. The van der Waals surface area contributed by atoms with E-state index in [-0.39, 0.29) is 18.2 Å². The van der Waals surface area contributed by atoms with Crippen LogP contribution in [0.2, 0.25) is 0 Å². The summed E-state index contributed by atoms with van der Waals surface area (Å²) < 4.78 is 9.82. The molecule has 0 unspecified atom stereocenters. The van der Waals surface area contributed by atoms with Crippen LogP contribution in [-0.2, 0) is 20.7 Å². The van der Waals surface area contributed by atoms with Crippen LogP contribution in [0.3, 0.4) is 0 Å². The quantitative estimate of drug-likeness (QED) is 0.626. The van der Waals surface area contributed by atoms with Gasteiger partial charge in [0.1, 0.15) is 0 Å². The predicted molar refractivity (Wildman–Crippen MR) is 97.5 cm³/mol. The van der Waals surface area contributed by atoms with Crippen LogP contribution in [0.4, 0.5) is 4.79 Å². The number of phenols is 1. The SMILES string of the molecule is COc1ccc(CCC(=O)OCC(=O)NC(=O)NC2CCCCC2)cc1O. The van der Waals surface area contributed by atoms with E-state index in [9.17, 15) is 19.5 Å². The lowest BCUT2D eigenvalue weighted by Crippen LogP contribution is -2.46. The molecular formula is C19H26N2O6. The second kappa shape index (κ2) is 10.4. The number of hydrogen-bond donors (Lipinski definition) is 3. The van der Waals surface area contributed by atoms with Crippen molar-refractivity contribution in [2.45, 2.75) is 51.0 Å². The Bertz CT molecular complexity index is 670. The van der Waals surface area contributed by atoms with Crippen molar-refractivity contribution in [1.29, 1.82) is 0 Å². The van der Waals surface area contributed by atoms with Gasteiger partial charge in [-0.3, -0.25) is 14.9 Å². The molecular weight excluding hydrogens is 352 g/mol. The molecule has 148 valence electrons. The average molecular weight is 378 g/mol. The Morgan fingerprint density at radius 2 is 1.93 bits per heavy atom. The van der Waals surface area contributed by atoms with Crippen molar-refractivity contribution in [3.05, 3.63) is 23.8 Å². The lowest BCUT2D eigenvalue weighted by atomic mass is 9.96. The van der Waals surface area contributed by atoms with Crippen molar-refractivity contribution in [3.63, 3.8) is 0 Å². The van der Waals surface area contributed by atoms with Gasteiger partial charge >= 0.3 is 12.0 Å². The van der Waals surface area contributed by atoms with Gasteiger partial charge in [-0.05, 0) is 37.0 Å². The molecule has 3 amide bonds. The second-order valence-electron chi connectivity index (χ2n) is 6.52. The highest BCUT2D eigenvalue weighted by atomic mass is 16.5. The molecule has 0 radical (unpaired) electrons. The fraction of sp³-hybridized carbons (Fsp3) is 0.526. The molecule has 0 aliphatic heterocycles. The van der Waals surface area contributed by atoms with Crippen LogP contribution < -0.4 is 15.4 Å². The van der Waals surface area contributed by atoms with Crippen LogP contribution in [0.25, 0.3) is 0 Å². The summed E-state index contributed by atoms with van der Waals surface area (Å²) in [5, 5.41) is 14.6. The first-order chi connectivity index (χ1) is 13.0. The minimum atomic E-state index is -0.668. The second-order valence-corrected chi connectivity index (χ2v) is 6.52. The number of esters is 1. The van der Waals surface area contributed by atoms with E-state index >= 15 is 0 Å². The van der Waals surface area contributed by atoms with Gasteiger partial charge in [0, 0.05) is 12.5 Å². The van der Waals surface area contributed by atoms with Gasteiger partial charge in [0.2, 0.25) is 0 Å². The van der Waals surface area contributed by atoms with E-state index in [1.54, 1.807) is 12.1 Å². The standard InChI is InChI=1S/C19H26N2O6/c1-26-16-9-7-13(11-15(16)22)8-10-18(24)27-12-17(23)21-19(25)20-14-5-3-2-4-6-14/h7,9,11,14,22H,2-6,8,10,12H2,1H3,(H2,20,21,23,25). The zero-order valence-electron chi connectivity index (χ0n) is 15.5. The molecule has 0 saturated heterocycles. The fourth-order valence-corrected chi connectivity index (χ4v) is 2.99. The summed E-state index contributed by atoms with van der Waals surface area (Å²) in [6.45, 7) is -0.509. The number of aryl methyl sites for hydroxylation is 1. The summed E-state index contributed by atoms with van der Waals surface area (Å²) in [6.07, 6.45) is 5.54. The van der Waals surface area contributed by atoms with E-state index in [1.807, 2.05) is 0 Å². The summed E-state index contributed by atoms with van der Waals surface area (Å²) in [5.74, 6) is -0.886. The zero-order chi connectivity index (χ0) is 19.6. The molecule has 1 fully saturated rings. The molecule has 0 spiro atoms. The largest absolute Gasteiger partial charge is 0.504 e. The molecule has 1 saturated carbocycles. The molecule has 8 nitrogen and oxygen atoms in total. The Balaban J connectivity index is 1.64. The van der Waals surface area contributed by atoms with Crippen LogP contribution in [0.1, 0.15) is 44.1 Å². The third-order valence-electron chi connectivity index (χ3n) is 4.42. The van der Waals surface area contributed by atoms with E-state index < -0.39 is 24.5 Å². The van der Waals surface area contributed by atoms with Crippen LogP contribution in [0.5, 0.6) is 11.5 Å². The first-order valence-corrected chi connectivity index (χ1v) is 9.10. The van der Waals surface area contributed by atoms with Crippen molar-refractivity contribution >= 4 is 17.9 Å². The lowest BCUT2D eigenvalue weighted by molar-refractivity contribution is -0.148. The molecule has 1 aliphatic carbocycles. The number of carbonyl (C=O) groups excluding carboxylic acids is 3. The molecule has 0 aromatic heterocycles. The molecule has 1 aliphatic rings.